The second-order valence-corrected chi connectivity index (χ2v) is 41.1. The number of hydrogen-bond donors (Lipinski definition) is 0. The summed E-state index contributed by atoms with van der Waals surface area (Å²) in [6.45, 7) is 43.3. The molecule has 0 saturated carbocycles. The van der Waals surface area contributed by atoms with Gasteiger partial charge in [0, 0.05) is 0 Å². The topological polar surface area (TPSA) is 0 Å². The molecule has 0 N–H and O–H groups in total. The molecule has 4 aromatic carbocycles. The molecule has 0 aromatic heterocycles. The minimum Gasteiger partial charge on any atom is -1.00 e. The maximum atomic E-state index is 2.70. The minimum atomic E-state index is -3.25. The number of hydrogen-bond acceptors (Lipinski definition) is 0. The van der Waals surface area contributed by atoms with Crippen molar-refractivity contribution in [2.45, 2.75) is 162 Å². The summed E-state index contributed by atoms with van der Waals surface area (Å²) in [6, 6.07) is 29.7. The molecule has 0 amide bonds. The van der Waals surface area contributed by atoms with E-state index in [1.54, 1.807) is 22.3 Å². The summed E-state index contributed by atoms with van der Waals surface area (Å²) in [5.74, 6) is 0. The van der Waals surface area contributed by atoms with E-state index < -0.39 is 20.0 Å². The van der Waals surface area contributed by atoms with Crippen molar-refractivity contribution >= 4 is 12.2 Å². The van der Waals surface area contributed by atoms with E-state index in [0.29, 0.717) is 7.35 Å². The van der Waals surface area contributed by atoms with E-state index >= 15 is 0 Å². The molecule has 59 heavy (non-hydrogen) atoms. The molecule has 2 atom stereocenters. The Morgan fingerprint density at radius 3 is 0.915 bits per heavy atom. The standard InChI is InChI=1S/2C27H35.C2H4.2ClH.Hf/c2*1-25(2,3)20-14-19(15-21(16-20)26(4,5)6)23-12-10-11-18-13-22(17-24(18)23)27(7,8)9;1-2;;;/h2*10-17H,1-9H3;1-2H2;2*1H;/q;;;;;+2/p-2. The molecule has 316 valence electrons. The van der Waals surface area contributed by atoms with Gasteiger partial charge in [-0.15, -0.1) is 0 Å². The summed E-state index contributed by atoms with van der Waals surface area (Å²) >= 11 is -3.25. The molecule has 1 aliphatic heterocycles. The van der Waals surface area contributed by atoms with Crippen LogP contribution in [0, 0.1) is 10.8 Å². The normalized spacial score (nSPS) is 18.4. The van der Waals surface area contributed by atoms with Crippen molar-refractivity contribution in [2.75, 3.05) is 0 Å². The molecule has 0 spiro atoms. The van der Waals surface area contributed by atoms with Gasteiger partial charge in [-0.1, -0.05) is 0 Å². The van der Waals surface area contributed by atoms with Gasteiger partial charge in [0.1, 0.15) is 0 Å². The maximum absolute atomic E-state index is 3.25. The third kappa shape index (κ3) is 8.89. The number of fused-ring (bicyclic) bond motifs is 2. The van der Waals surface area contributed by atoms with Crippen molar-refractivity contribution in [2.24, 2.45) is 10.8 Å². The largest absolute Gasteiger partial charge is 1.00 e. The van der Waals surface area contributed by atoms with Crippen LogP contribution in [0.1, 0.15) is 176 Å². The van der Waals surface area contributed by atoms with Crippen LogP contribution in [0.25, 0.3) is 34.4 Å². The fraction of sp³-hybridized carbons (Fsp3) is 0.500. The molecule has 2 unspecified atom stereocenters. The first-order valence-electron chi connectivity index (χ1n) is 22.0. The Hall–Kier alpha value is -2.19. The zero-order valence-corrected chi connectivity index (χ0v) is 45.0. The van der Waals surface area contributed by atoms with Crippen molar-refractivity contribution in [1.82, 2.24) is 0 Å². The molecule has 2 aliphatic carbocycles. The predicted octanol–water partition coefficient (Wildman–Crippen LogP) is 10.9. The van der Waals surface area contributed by atoms with Gasteiger partial charge in [0.05, 0.1) is 0 Å². The second-order valence-electron chi connectivity index (χ2n) is 24.5. The van der Waals surface area contributed by atoms with Crippen LogP contribution in [0.2, 0.25) is 8.35 Å². The Labute approximate surface area is 377 Å². The van der Waals surface area contributed by atoms with E-state index in [4.69, 9.17) is 0 Å². The maximum Gasteiger partial charge on any atom is -1.00 e. The van der Waals surface area contributed by atoms with Crippen LogP contribution in [0.4, 0.5) is 0 Å². The van der Waals surface area contributed by atoms with Crippen molar-refractivity contribution in [3.05, 3.63) is 128 Å². The molecule has 0 bridgehead atoms. The Bertz CT molecular complexity index is 2080. The Balaban J connectivity index is 0.00000331. The zero-order valence-electron chi connectivity index (χ0n) is 39.9. The molecule has 3 heteroatoms. The third-order valence-electron chi connectivity index (χ3n) is 13.8. The van der Waals surface area contributed by atoms with E-state index in [9.17, 15) is 0 Å². The van der Waals surface area contributed by atoms with Gasteiger partial charge >= 0.3 is 356 Å². The molecule has 0 nitrogen and oxygen atoms in total. The molecule has 1 fully saturated rings. The number of allylic oxidation sites excluding steroid dienone is 2. The SMILES string of the molecule is CC(C)(C)C1=Cc2c(-c3cc(C(C)(C)C)cc(C(C)(C)C)c3)cccc2[CH]1[Hf+2]1([CH]2C(C(C)(C)C)=Cc3c(-c4cc(C(C)(C)C)cc(C(C)(C)C)c4)cccc32)[CH2][CH2]1.[Cl-].[Cl-]. The van der Waals surface area contributed by atoms with Crippen LogP contribution in [0.15, 0.2) is 83.9 Å². The van der Waals surface area contributed by atoms with Gasteiger partial charge in [-0.25, -0.2) is 0 Å². The molecule has 1 heterocycles. The van der Waals surface area contributed by atoms with E-state index in [-0.39, 0.29) is 57.3 Å². The van der Waals surface area contributed by atoms with Crippen molar-refractivity contribution in [3.8, 4) is 22.3 Å². The summed E-state index contributed by atoms with van der Waals surface area (Å²) < 4.78 is 4.11. The molecular weight excluding hydrogens is 922 g/mol. The van der Waals surface area contributed by atoms with Gasteiger partial charge in [0.15, 0.2) is 0 Å². The molecular formula is C56H74Cl2Hf. The monoisotopic (exact) mass is 996 g/mol. The number of halogens is 2. The third-order valence-corrected chi connectivity index (χ3v) is 32.5. The first-order chi connectivity index (χ1) is 26.0. The van der Waals surface area contributed by atoms with Crippen LogP contribution in [0.3, 0.4) is 0 Å². The Morgan fingerprint density at radius 1 is 0.390 bits per heavy atom. The van der Waals surface area contributed by atoms with Crippen LogP contribution in [-0.2, 0) is 41.6 Å². The summed E-state index contributed by atoms with van der Waals surface area (Å²) in [5, 5.41) is 0. The summed E-state index contributed by atoms with van der Waals surface area (Å²) in [6.07, 6.45) is 5.41. The molecule has 7 rings (SSSR count). The van der Waals surface area contributed by atoms with E-state index in [1.807, 2.05) is 0 Å². The fourth-order valence-corrected chi connectivity index (χ4v) is 39.3. The quantitative estimate of drug-likeness (QED) is 0.179. The summed E-state index contributed by atoms with van der Waals surface area (Å²) in [5.41, 5.74) is 21.5. The number of rotatable bonds is 4. The zero-order chi connectivity index (χ0) is 42.1. The van der Waals surface area contributed by atoms with Crippen LogP contribution in [0.5, 0.6) is 0 Å². The van der Waals surface area contributed by atoms with Gasteiger partial charge in [-0.3, -0.25) is 0 Å². The molecule has 3 aliphatic rings. The van der Waals surface area contributed by atoms with Gasteiger partial charge in [-0.2, -0.15) is 0 Å². The van der Waals surface area contributed by atoms with Gasteiger partial charge < -0.3 is 24.8 Å². The van der Waals surface area contributed by atoms with Gasteiger partial charge in [0.2, 0.25) is 0 Å². The smallest absolute Gasteiger partial charge is 1.00 e. The van der Waals surface area contributed by atoms with Crippen molar-refractivity contribution < 1.29 is 44.8 Å². The van der Waals surface area contributed by atoms with E-state index in [1.165, 1.54) is 64.0 Å². The predicted molar refractivity (Wildman–Crippen MR) is 249 cm³/mol. The fourth-order valence-electron chi connectivity index (χ4n) is 10.0. The second kappa shape index (κ2) is 15.6. The average molecular weight is 997 g/mol. The first-order valence-corrected chi connectivity index (χ1v) is 31.3. The number of benzene rings is 4. The Kier molecular flexibility index (Phi) is 12.6. The van der Waals surface area contributed by atoms with Crippen molar-refractivity contribution in [1.29, 1.82) is 0 Å². The summed E-state index contributed by atoms with van der Waals surface area (Å²) in [7, 11) is 0. The van der Waals surface area contributed by atoms with Gasteiger partial charge in [0.25, 0.3) is 0 Å². The van der Waals surface area contributed by atoms with Crippen molar-refractivity contribution in [3.63, 3.8) is 0 Å². The molecule has 4 aromatic rings. The van der Waals surface area contributed by atoms with Crippen LogP contribution in [-0.4, -0.2) is 0 Å². The first kappa shape index (κ1) is 47.9. The van der Waals surface area contributed by atoms with Crippen LogP contribution >= 0.6 is 0 Å². The van der Waals surface area contributed by atoms with Gasteiger partial charge in [-0.05, 0) is 0 Å². The molecule has 0 radical (unpaired) electrons. The summed E-state index contributed by atoms with van der Waals surface area (Å²) in [4.78, 5) is 0. The Morgan fingerprint density at radius 2 is 0.678 bits per heavy atom. The minimum absolute atomic E-state index is 0. The van der Waals surface area contributed by atoms with E-state index in [0.717, 1.165) is 0 Å². The van der Waals surface area contributed by atoms with E-state index in [2.05, 4.69) is 210 Å². The average Bonchev–Trinajstić information content (AvgIpc) is 3.57. The van der Waals surface area contributed by atoms with Crippen LogP contribution < -0.4 is 24.8 Å². The molecule has 1 saturated heterocycles.